The minimum atomic E-state index is 0.0163. The van der Waals surface area contributed by atoms with Gasteiger partial charge in [-0.15, -0.1) is 0 Å². The van der Waals surface area contributed by atoms with E-state index in [0.29, 0.717) is 36.7 Å². The zero-order valence-corrected chi connectivity index (χ0v) is 10.7. The molecule has 0 spiro atoms. The van der Waals surface area contributed by atoms with E-state index in [-0.39, 0.29) is 5.91 Å². The number of benzene rings is 1. The molecule has 1 heterocycles. The number of nitrogens with zero attached hydrogens (tertiary/aromatic N) is 1. The van der Waals surface area contributed by atoms with Gasteiger partial charge in [0.15, 0.2) is 11.5 Å². The van der Waals surface area contributed by atoms with E-state index in [1.807, 2.05) is 6.07 Å². The molecule has 0 atom stereocenters. The standard InChI is InChI=1S/C13H18N2O3/c1-17-11-7-9-3-5-15(6-4-14)13(16)10(9)8-12(11)18-2/h7-8H,3-6,14H2,1-2H3. The van der Waals surface area contributed by atoms with E-state index in [1.165, 1.54) is 0 Å². The fourth-order valence-corrected chi connectivity index (χ4v) is 2.22. The molecule has 2 N–H and O–H groups in total. The normalized spacial score (nSPS) is 14.4. The molecule has 1 aliphatic rings. The summed E-state index contributed by atoms with van der Waals surface area (Å²) < 4.78 is 10.5. The van der Waals surface area contributed by atoms with Gasteiger partial charge in [-0.05, 0) is 24.1 Å². The quantitative estimate of drug-likeness (QED) is 0.852. The Labute approximate surface area is 106 Å². The van der Waals surface area contributed by atoms with Crippen molar-refractivity contribution in [3.63, 3.8) is 0 Å². The lowest BCUT2D eigenvalue weighted by Gasteiger charge is -2.28. The van der Waals surface area contributed by atoms with Gasteiger partial charge in [0.1, 0.15) is 0 Å². The largest absolute Gasteiger partial charge is 0.493 e. The molecule has 0 saturated carbocycles. The van der Waals surface area contributed by atoms with Crippen LogP contribution in [0.3, 0.4) is 0 Å². The second kappa shape index (κ2) is 5.27. The van der Waals surface area contributed by atoms with Gasteiger partial charge in [-0.1, -0.05) is 0 Å². The first-order valence-corrected chi connectivity index (χ1v) is 5.95. The lowest BCUT2D eigenvalue weighted by Crippen LogP contribution is -2.40. The summed E-state index contributed by atoms with van der Waals surface area (Å²) in [5.41, 5.74) is 7.20. The highest BCUT2D eigenvalue weighted by atomic mass is 16.5. The Morgan fingerprint density at radius 1 is 1.28 bits per heavy atom. The lowest BCUT2D eigenvalue weighted by molar-refractivity contribution is 0.0744. The maximum absolute atomic E-state index is 12.2. The van der Waals surface area contributed by atoms with Gasteiger partial charge in [-0.3, -0.25) is 4.79 Å². The second-order valence-electron chi connectivity index (χ2n) is 4.20. The molecule has 0 aromatic heterocycles. The molecule has 0 radical (unpaired) electrons. The zero-order valence-electron chi connectivity index (χ0n) is 10.7. The van der Waals surface area contributed by atoms with E-state index >= 15 is 0 Å². The van der Waals surface area contributed by atoms with E-state index in [4.69, 9.17) is 15.2 Å². The van der Waals surface area contributed by atoms with Crippen LogP contribution in [0.15, 0.2) is 12.1 Å². The van der Waals surface area contributed by atoms with Crippen molar-refractivity contribution in [2.45, 2.75) is 6.42 Å². The molecule has 0 saturated heterocycles. The summed E-state index contributed by atoms with van der Waals surface area (Å²) >= 11 is 0. The predicted molar refractivity (Wildman–Crippen MR) is 68.2 cm³/mol. The van der Waals surface area contributed by atoms with Crippen molar-refractivity contribution in [1.29, 1.82) is 0 Å². The van der Waals surface area contributed by atoms with Gasteiger partial charge in [0.05, 0.1) is 14.2 Å². The predicted octanol–water partition coefficient (Wildman–Crippen LogP) is 0.661. The summed E-state index contributed by atoms with van der Waals surface area (Å²) in [5.74, 6) is 1.26. The topological polar surface area (TPSA) is 64.8 Å². The monoisotopic (exact) mass is 250 g/mol. The summed E-state index contributed by atoms with van der Waals surface area (Å²) in [6.45, 7) is 1.78. The minimum absolute atomic E-state index is 0.0163. The lowest BCUT2D eigenvalue weighted by atomic mass is 9.98. The van der Waals surface area contributed by atoms with Crippen molar-refractivity contribution in [1.82, 2.24) is 4.90 Å². The molecule has 1 amide bonds. The molecule has 98 valence electrons. The highest BCUT2D eigenvalue weighted by molar-refractivity contribution is 5.97. The van der Waals surface area contributed by atoms with Gasteiger partial charge in [0, 0.05) is 25.2 Å². The highest BCUT2D eigenvalue weighted by Crippen LogP contribution is 2.33. The highest BCUT2D eigenvalue weighted by Gasteiger charge is 2.25. The number of ether oxygens (including phenoxy) is 2. The Balaban J connectivity index is 2.39. The summed E-state index contributed by atoms with van der Waals surface area (Å²) in [7, 11) is 3.16. The van der Waals surface area contributed by atoms with Gasteiger partial charge in [-0.2, -0.15) is 0 Å². The van der Waals surface area contributed by atoms with Crippen LogP contribution in [0, 0.1) is 0 Å². The Morgan fingerprint density at radius 3 is 2.56 bits per heavy atom. The van der Waals surface area contributed by atoms with Gasteiger partial charge in [0.2, 0.25) is 0 Å². The molecule has 1 aromatic carbocycles. The maximum Gasteiger partial charge on any atom is 0.254 e. The molecule has 5 nitrogen and oxygen atoms in total. The first-order valence-electron chi connectivity index (χ1n) is 5.95. The molecule has 0 aliphatic carbocycles. The summed E-state index contributed by atoms with van der Waals surface area (Å²) in [4.78, 5) is 14.0. The third kappa shape index (κ3) is 2.13. The molecule has 18 heavy (non-hydrogen) atoms. The number of hydrogen-bond acceptors (Lipinski definition) is 4. The number of fused-ring (bicyclic) bond motifs is 1. The van der Waals surface area contributed by atoms with Crippen LogP contribution in [0.2, 0.25) is 0 Å². The molecule has 1 aromatic rings. The molecular weight excluding hydrogens is 232 g/mol. The van der Waals surface area contributed by atoms with Gasteiger partial charge < -0.3 is 20.1 Å². The van der Waals surface area contributed by atoms with Crippen molar-refractivity contribution in [3.8, 4) is 11.5 Å². The zero-order chi connectivity index (χ0) is 13.1. The van der Waals surface area contributed by atoms with E-state index in [9.17, 15) is 4.79 Å². The van der Waals surface area contributed by atoms with Crippen molar-refractivity contribution in [2.75, 3.05) is 33.9 Å². The SMILES string of the molecule is COc1cc2c(cc1OC)C(=O)N(CCN)CC2. The van der Waals surface area contributed by atoms with E-state index in [2.05, 4.69) is 0 Å². The summed E-state index contributed by atoms with van der Waals surface area (Å²) in [6.07, 6.45) is 0.821. The Bertz CT molecular complexity index is 460. The van der Waals surface area contributed by atoms with Crippen LogP contribution in [-0.2, 0) is 6.42 Å². The second-order valence-corrected chi connectivity index (χ2v) is 4.20. The molecule has 0 unspecified atom stereocenters. The average Bonchev–Trinajstić information content (AvgIpc) is 2.41. The fraction of sp³-hybridized carbons (Fsp3) is 0.462. The molecule has 0 bridgehead atoms. The van der Waals surface area contributed by atoms with Crippen LogP contribution < -0.4 is 15.2 Å². The summed E-state index contributed by atoms with van der Waals surface area (Å²) in [6, 6.07) is 3.63. The molecule has 0 fully saturated rings. The van der Waals surface area contributed by atoms with Crippen LogP contribution in [-0.4, -0.2) is 44.7 Å². The van der Waals surface area contributed by atoms with Gasteiger partial charge in [-0.25, -0.2) is 0 Å². The number of methoxy groups -OCH3 is 2. The number of rotatable bonds is 4. The van der Waals surface area contributed by atoms with Gasteiger partial charge >= 0.3 is 0 Å². The van der Waals surface area contributed by atoms with Crippen molar-refractivity contribution >= 4 is 5.91 Å². The third-order valence-electron chi connectivity index (χ3n) is 3.18. The smallest absolute Gasteiger partial charge is 0.254 e. The Kier molecular flexibility index (Phi) is 3.72. The van der Waals surface area contributed by atoms with E-state index in [0.717, 1.165) is 12.0 Å². The van der Waals surface area contributed by atoms with Crippen LogP contribution in [0.4, 0.5) is 0 Å². The van der Waals surface area contributed by atoms with E-state index in [1.54, 1.807) is 25.2 Å². The number of hydrogen-bond donors (Lipinski definition) is 1. The number of nitrogens with two attached hydrogens (primary N) is 1. The first-order chi connectivity index (χ1) is 8.71. The number of carbonyl (C=O) groups excluding carboxylic acids is 1. The fourth-order valence-electron chi connectivity index (χ4n) is 2.22. The Hall–Kier alpha value is -1.75. The van der Waals surface area contributed by atoms with E-state index < -0.39 is 0 Å². The van der Waals surface area contributed by atoms with Crippen molar-refractivity contribution in [2.24, 2.45) is 5.73 Å². The maximum atomic E-state index is 12.2. The first kappa shape index (κ1) is 12.7. The minimum Gasteiger partial charge on any atom is -0.493 e. The number of amides is 1. The molecular formula is C13H18N2O3. The molecule has 1 aliphatic heterocycles. The third-order valence-corrected chi connectivity index (χ3v) is 3.18. The van der Waals surface area contributed by atoms with Gasteiger partial charge in [0.25, 0.3) is 5.91 Å². The molecule has 2 rings (SSSR count). The van der Waals surface area contributed by atoms with Crippen molar-refractivity contribution < 1.29 is 14.3 Å². The van der Waals surface area contributed by atoms with Crippen LogP contribution in [0.25, 0.3) is 0 Å². The number of carbonyl (C=O) groups is 1. The van der Waals surface area contributed by atoms with Crippen molar-refractivity contribution in [3.05, 3.63) is 23.3 Å². The molecule has 5 heteroatoms. The Morgan fingerprint density at radius 2 is 1.94 bits per heavy atom. The average molecular weight is 250 g/mol. The van der Waals surface area contributed by atoms with Crippen LogP contribution in [0.5, 0.6) is 11.5 Å². The van der Waals surface area contributed by atoms with Crippen LogP contribution in [0.1, 0.15) is 15.9 Å². The summed E-state index contributed by atoms with van der Waals surface area (Å²) in [5, 5.41) is 0. The van der Waals surface area contributed by atoms with Crippen LogP contribution >= 0.6 is 0 Å².